The number of thioether (sulfide) groups is 1. The molecule has 2 N–H and O–H groups in total. The third-order valence-corrected chi connectivity index (χ3v) is 4.98. The Labute approximate surface area is 150 Å². The van der Waals surface area contributed by atoms with Crippen molar-refractivity contribution in [2.24, 2.45) is 5.73 Å². The SMILES string of the molecule is NC(=O)CCCCCN1C(=O)/C(=C\c2ccc(Cl)cc2)SC1=S. The lowest BCUT2D eigenvalue weighted by atomic mass is 10.2. The molecule has 0 saturated carbocycles. The lowest BCUT2D eigenvalue weighted by molar-refractivity contribution is -0.122. The Kier molecular flexibility index (Phi) is 6.62. The van der Waals surface area contributed by atoms with E-state index in [1.165, 1.54) is 11.8 Å². The first-order valence-corrected chi connectivity index (χ1v) is 8.87. The number of primary amides is 1. The zero-order chi connectivity index (χ0) is 16.8. The minimum absolute atomic E-state index is 0.0650. The van der Waals surface area contributed by atoms with Crippen LogP contribution in [0.3, 0.4) is 0 Å². The topological polar surface area (TPSA) is 63.4 Å². The van der Waals surface area contributed by atoms with Crippen LogP contribution in [0.4, 0.5) is 0 Å². The van der Waals surface area contributed by atoms with Gasteiger partial charge in [0.25, 0.3) is 5.91 Å². The fraction of sp³-hybridized carbons (Fsp3) is 0.312. The van der Waals surface area contributed by atoms with Gasteiger partial charge in [0.05, 0.1) is 4.91 Å². The maximum atomic E-state index is 12.4. The maximum absolute atomic E-state index is 12.4. The quantitative estimate of drug-likeness (QED) is 0.454. The van der Waals surface area contributed by atoms with Crippen LogP contribution in [0.25, 0.3) is 6.08 Å². The predicted octanol–water partition coefficient (Wildman–Crippen LogP) is 3.59. The molecule has 7 heteroatoms. The summed E-state index contributed by atoms with van der Waals surface area (Å²) in [5.41, 5.74) is 6.01. The average molecular weight is 369 g/mol. The van der Waals surface area contributed by atoms with Gasteiger partial charge in [-0.15, -0.1) is 0 Å². The average Bonchev–Trinajstić information content (AvgIpc) is 2.76. The van der Waals surface area contributed by atoms with Gasteiger partial charge in [0.15, 0.2) is 0 Å². The summed E-state index contributed by atoms with van der Waals surface area (Å²) >= 11 is 12.4. The highest BCUT2D eigenvalue weighted by Gasteiger charge is 2.31. The largest absolute Gasteiger partial charge is 0.370 e. The highest BCUT2D eigenvalue weighted by atomic mass is 35.5. The number of nitrogens with zero attached hydrogens (tertiary/aromatic N) is 1. The van der Waals surface area contributed by atoms with Crippen molar-refractivity contribution >= 4 is 57.8 Å². The Morgan fingerprint density at radius 1 is 1.26 bits per heavy atom. The molecule has 0 spiro atoms. The first kappa shape index (κ1) is 18.0. The molecule has 1 aliphatic heterocycles. The molecule has 1 fully saturated rings. The van der Waals surface area contributed by atoms with Crippen LogP contribution in [-0.2, 0) is 9.59 Å². The van der Waals surface area contributed by atoms with Gasteiger partial charge in [-0.1, -0.05) is 54.1 Å². The van der Waals surface area contributed by atoms with E-state index in [1.807, 2.05) is 18.2 Å². The van der Waals surface area contributed by atoms with Crippen LogP contribution in [-0.4, -0.2) is 27.6 Å². The van der Waals surface area contributed by atoms with E-state index in [4.69, 9.17) is 29.6 Å². The second-order valence-corrected chi connectivity index (χ2v) is 7.27. The van der Waals surface area contributed by atoms with Gasteiger partial charge in [-0.3, -0.25) is 14.5 Å². The number of unbranched alkanes of at least 4 members (excludes halogenated alkanes) is 2. The van der Waals surface area contributed by atoms with E-state index < -0.39 is 0 Å². The molecule has 0 aromatic heterocycles. The first-order chi connectivity index (χ1) is 11.0. The third-order valence-electron chi connectivity index (χ3n) is 3.35. The number of rotatable bonds is 7. The number of hydrogen-bond donors (Lipinski definition) is 1. The summed E-state index contributed by atoms with van der Waals surface area (Å²) in [6, 6.07) is 7.29. The summed E-state index contributed by atoms with van der Waals surface area (Å²) in [5.74, 6) is -0.355. The minimum atomic E-state index is -0.290. The molecule has 1 aromatic rings. The monoisotopic (exact) mass is 368 g/mol. The van der Waals surface area contributed by atoms with Crippen LogP contribution in [0.15, 0.2) is 29.2 Å². The minimum Gasteiger partial charge on any atom is -0.370 e. The molecule has 0 bridgehead atoms. The van der Waals surface area contributed by atoms with E-state index in [-0.39, 0.29) is 11.8 Å². The summed E-state index contributed by atoms with van der Waals surface area (Å²) in [6.07, 6.45) is 4.59. The normalized spacial score (nSPS) is 16.4. The van der Waals surface area contributed by atoms with Crippen molar-refractivity contribution in [2.45, 2.75) is 25.7 Å². The fourth-order valence-corrected chi connectivity index (χ4v) is 3.58. The predicted molar refractivity (Wildman–Crippen MR) is 99.0 cm³/mol. The van der Waals surface area contributed by atoms with Gasteiger partial charge in [0, 0.05) is 18.0 Å². The van der Waals surface area contributed by atoms with Crippen molar-refractivity contribution in [2.75, 3.05) is 6.54 Å². The Hall–Kier alpha value is -1.37. The van der Waals surface area contributed by atoms with Crippen LogP contribution in [0, 0.1) is 0 Å². The summed E-state index contributed by atoms with van der Waals surface area (Å²) in [6.45, 7) is 0.571. The summed E-state index contributed by atoms with van der Waals surface area (Å²) in [4.78, 5) is 25.3. The van der Waals surface area contributed by atoms with Crippen LogP contribution in [0.2, 0.25) is 5.02 Å². The van der Waals surface area contributed by atoms with E-state index in [1.54, 1.807) is 17.0 Å². The smallest absolute Gasteiger partial charge is 0.266 e. The molecule has 1 saturated heterocycles. The highest BCUT2D eigenvalue weighted by Crippen LogP contribution is 2.32. The van der Waals surface area contributed by atoms with Crippen molar-refractivity contribution in [1.82, 2.24) is 4.90 Å². The van der Waals surface area contributed by atoms with E-state index in [9.17, 15) is 9.59 Å². The van der Waals surface area contributed by atoms with Crippen molar-refractivity contribution in [3.63, 3.8) is 0 Å². The van der Waals surface area contributed by atoms with E-state index in [0.29, 0.717) is 27.2 Å². The molecule has 1 heterocycles. The highest BCUT2D eigenvalue weighted by molar-refractivity contribution is 8.26. The van der Waals surface area contributed by atoms with Gasteiger partial charge in [-0.2, -0.15) is 0 Å². The molecular formula is C16H17ClN2O2S2. The van der Waals surface area contributed by atoms with Gasteiger partial charge in [-0.25, -0.2) is 0 Å². The Morgan fingerprint density at radius 2 is 1.96 bits per heavy atom. The second-order valence-electron chi connectivity index (χ2n) is 5.16. The molecule has 0 unspecified atom stereocenters. The van der Waals surface area contributed by atoms with Crippen molar-refractivity contribution < 1.29 is 9.59 Å². The Morgan fingerprint density at radius 3 is 2.61 bits per heavy atom. The molecule has 23 heavy (non-hydrogen) atoms. The van der Waals surface area contributed by atoms with Crippen LogP contribution >= 0.6 is 35.6 Å². The lowest BCUT2D eigenvalue weighted by Crippen LogP contribution is -2.29. The number of amides is 2. The van der Waals surface area contributed by atoms with E-state index in [2.05, 4.69) is 0 Å². The van der Waals surface area contributed by atoms with Gasteiger partial charge < -0.3 is 5.73 Å². The van der Waals surface area contributed by atoms with Crippen LogP contribution < -0.4 is 5.73 Å². The summed E-state index contributed by atoms with van der Waals surface area (Å²) in [5, 5.41) is 0.658. The molecule has 2 rings (SSSR count). The molecule has 4 nitrogen and oxygen atoms in total. The van der Waals surface area contributed by atoms with Gasteiger partial charge in [0.2, 0.25) is 5.91 Å². The molecule has 122 valence electrons. The lowest BCUT2D eigenvalue weighted by Gasteiger charge is -2.13. The van der Waals surface area contributed by atoms with Crippen LogP contribution in [0.1, 0.15) is 31.2 Å². The van der Waals surface area contributed by atoms with Gasteiger partial charge >= 0.3 is 0 Å². The summed E-state index contributed by atoms with van der Waals surface area (Å²) in [7, 11) is 0. The third kappa shape index (κ3) is 5.34. The first-order valence-electron chi connectivity index (χ1n) is 7.26. The van der Waals surface area contributed by atoms with E-state index >= 15 is 0 Å². The number of hydrogen-bond acceptors (Lipinski definition) is 4. The number of benzene rings is 1. The summed E-state index contributed by atoms with van der Waals surface area (Å²) < 4.78 is 0.574. The van der Waals surface area contributed by atoms with E-state index in [0.717, 1.165) is 24.8 Å². The zero-order valence-corrected chi connectivity index (χ0v) is 14.8. The molecule has 1 aromatic carbocycles. The molecule has 0 radical (unpaired) electrons. The number of thiocarbonyl (C=S) groups is 1. The van der Waals surface area contributed by atoms with Crippen molar-refractivity contribution in [1.29, 1.82) is 0 Å². The van der Waals surface area contributed by atoms with Crippen molar-refractivity contribution in [3.05, 3.63) is 39.8 Å². The molecule has 1 aliphatic rings. The molecule has 2 amide bonds. The Bertz CT molecular complexity index is 644. The van der Waals surface area contributed by atoms with Crippen molar-refractivity contribution in [3.8, 4) is 0 Å². The number of carbonyl (C=O) groups is 2. The standard InChI is InChI=1S/C16H17ClN2O2S2/c17-12-7-5-11(6-8-12)10-13-15(21)19(16(22)23-13)9-3-1-2-4-14(18)20/h5-8,10H,1-4,9H2,(H2,18,20)/b13-10+. The Balaban J connectivity index is 1.91. The number of carbonyl (C=O) groups excluding carboxylic acids is 2. The van der Waals surface area contributed by atoms with Gasteiger partial charge in [0.1, 0.15) is 4.32 Å². The number of halogens is 1. The van der Waals surface area contributed by atoms with Crippen LogP contribution in [0.5, 0.6) is 0 Å². The molecule has 0 aliphatic carbocycles. The zero-order valence-electron chi connectivity index (χ0n) is 12.5. The second kappa shape index (κ2) is 8.47. The molecule has 0 atom stereocenters. The number of nitrogens with two attached hydrogens (primary N) is 1. The fourth-order valence-electron chi connectivity index (χ4n) is 2.15. The molecular weight excluding hydrogens is 352 g/mol. The maximum Gasteiger partial charge on any atom is 0.266 e. The van der Waals surface area contributed by atoms with Gasteiger partial charge in [-0.05, 0) is 36.6 Å².